The van der Waals surface area contributed by atoms with Crippen LogP contribution in [0, 0.1) is 0 Å². The standard InChI is InChI=1S/C19H22N2O.ClH/c20-17(15-8-2-1-3-9-15)13-19(22)21-18-12-6-10-14-7-4-5-11-16(14)18;/h1-5,7-9,11,17-18H,6,10,12-13,20H2,(H,21,22);1H. The summed E-state index contributed by atoms with van der Waals surface area (Å²) in [6, 6.07) is 18.0. The van der Waals surface area contributed by atoms with Crippen LogP contribution in [0.1, 0.15) is 48.0 Å². The summed E-state index contributed by atoms with van der Waals surface area (Å²) in [6.07, 6.45) is 3.55. The van der Waals surface area contributed by atoms with Gasteiger partial charge in [-0.1, -0.05) is 54.6 Å². The molecule has 4 heteroatoms. The van der Waals surface area contributed by atoms with Crippen LogP contribution in [-0.2, 0) is 11.2 Å². The summed E-state index contributed by atoms with van der Waals surface area (Å²) in [6.45, 7) is 0. The van der Waals surface area contributed by atoms with E-state index in [1.54, 1.807) is 0 Å². The molecule has 0 aliphatic heterocycles. The van der Waals surface area contributed by atoms with Crippen LogP contribution in [0.25, 0.3) is 0 Å². The van der Waals surface area contributed by atoms with Crippen LogP contribution in [0.4, 0.5) is 0 Å². The van der Waals surface area contributed by atoms with Crippen molar-refractivity contribution in [3.05, 3.63) is 71.3 Å². The van der Waals surface area contributed by atoms with E-state index in [1.165, 1.54) is 11.1 Å². The second kappa shape index (κ2) is 8.14. The molecule has 2 aromatic carbocycles. The molecule has 3 N–H and O–H groups in total. The number of nitrogens with one attached hydrogen (secondary N) is 1. The minimum atomic E-state index is -0.250. The van der Waals surface area contributed by atoms with E-state index in [1.807, 2.05) is 36.4 Å². The largest absolute Gasteiger partial charge is 0.349 e. The summed E-state index contributed by atoms with van der Waals surface area (Å²) in [4.78, 5) is 12.3. The highest BCUT2D eigenvalue weighted by Gasteiger charge is 2.22. The van der Waals surface area contributed by atoms with E-state index in [0.29, 0.717) is 6.42 Å². The third-order valence-electron chi connectivity index (χ3n) is 4.34. The van der Waals surface area contributed by atoms with Gasteiger partial charge in [-0.15, -0.1) is 12.4 Å². The highest BCUT2D eigenvalue weighted by molar-refractivity contribution is 5.85. The summed E-state index contributed by atoms with van der Waals surface area (Å²) >= 11 is 0. The molecule has 3 rings (SSSR count). The summed E-state index contributed by atoms with van der Waals surface area (Å²) in [5.74, 6) is 0.0260. The van der Waals surface area contributed by atoms with Crippen molar-refractivity contribution in [3.8, 4) is 0 Å². The van der Waals surface area contributed by atoms with E-state index in [4.69, 9.17) is 5.73 Å². The highest BCUT2D eigenvalue weighted by atomic mass is 35.5. The van der Waals surface area contributed by atoms with E-state index in [9.17, 15) is 4.79 Å². The molecular weight excluding hydrogens is 308 g/mol. The van der Waals surface area contributed by atoms with Crippen molar-refractivity contribution >= 4 is 18.3 Å². The second-order valence-electron chi connectivity index (χ2n) is 5.93. The molecule has 122 valence electrons. The lowest BCUT2D eigenvalue weighted by Gasteiger charge is -2.26. The number of amides is 1. The number of carbonyl (C=O) groups excluding carboxylic acids is 1. The molecular formula is C19H23ClN2O. The molecule has 2 atom stereocenters. The van der Waals surface area contributed by atoms with Gasteiger partial charge in [-0.3, -0.25) is 4.79 Å². The van der Waals surface area contributed by atoms with Crippen molar-refractivity contribution in [2.24, 2.45) is 5.73 Å². The average Bonchev–Trinajstić information content (AvgIpc) is 2.56. The lowest BCUT2D eigenvalue weighted by atomic mass is 9.87. The maximum absolute atomic E-state index is 12.3. The van der Waals surface area contributed by atoms with Gasteiger partial charge in [0.15, 0.2) is 0 Å². The lowest BCUT2D eigenvalue weighted by Crippen LogP contribution is -2.33. The topological polar surface area (TPSA) is 55.1 Å². The Morgan fingerprint density at radius 3 is 2.61 bits per heavy atom. The SMILES string of the molecule is Cl.NC(CC(=O)NC1CCCc2ccccc21)c1ccccc1. The Hall–Kier alpha value is -1.84. The van der Waals surface area contributed by atoms with Crippen LogP contribution in [0.5, 0.6) is 0 Å². The van der Waals surface area contributed by atoms with Crippen molar-refractivity contribution in [2.45, 2.75) is 37.8 Å². The molecule has 0 saturated carbocycles. The first-order valence-electron chi connectivity index (χ1n) is 7.92. The summed E-state index contributed by atoms with van der Waals surface area (Å²) in [5.41, 5.74) is 9.75. The zero-order valence-electron chi connectivity index (χ0n) is 13.1. The third-order valence-corrected chi connectivity index (χ3v) is 4.34. The molecule has 2 unspecified atom stereocenters. The molecule has 0 aromatic heterocycles. The smallest absolute Gasteiger partial charge is 0.222 e. The first-order valence-corrected chi connectivity index (χ1v) is 7.92. The number of fused-ring (bicyclic) bond motifs is 1. The van der Waals surface area contributed by atoms with Gasteiger partial charge < -0.3 is 11.1 Å². The fourth-order valence-electron chi connectivity index (χ4n) is 3.17. The van der Waals surface area contributed by atoms with Crippen molar-refractivity contribution < 1.29 is 4.79 Å². The summed E-state index contributed by atoms with van der Waals surface area (Å²) in [7, 11) is 0. The van der Waals surface area contributed by atoms with Crippen molar-refractivity contribution in [1.29, 1.82) is 0 Å². The molecule has 0 fully saturated rings. The number of benzene rings is 2. The number of hydrogen-bond donors (Lipinski definition) is 2. The van der Waals surface area contributed by atoms with E-state index in [0.717, 1.165) is 24.8 Å². The maximum atomic E-state index is 12.3. The van der Waals surface area contributed by atoms with Crippen molar-refractivity contribution in [3.63, 3.8) is 0 Å². The first kappa shape index (κ1) is 17.5. The highest BCUT2D eigenvalue weighted by Crippen LogP contribution is 2.29. The fourth-order valence-corrected chi connectivity index (χ4v) is 3.17. The van der Waals surface area contributed by atoms with Crippen LogP contribution in [-0.4, -0.2) is 5.91 Å². The normalized spacial score (nSPS) is 17.5. The van der Waals surface area contributed by atoms with Gasteiger partial charge in [0.1, 0.15) is 0 Å². The van der Waals surface area contributed by atoms with Gasteiger partial charge in [0, 0.05) is 12.5 Å². The molecule has 2 aromatic rings. The van der Waals surface area contributed by atoms with Crippen LogP contribution in [0.15, 0.2) is 54.6 Å². The van der Waals surface area contributed by atoms with Crippen molar-refractivity contribution in [1.82, 2.24) is 5.32 Å². The molecule has 23 heavy (non-hydrogen) atoms. The Bertz CT molecular complexity index is 645. The minimum absolute atomic E-state index is 0. The number of nitrogens with two attached hydrogens (primary N) is 1. The van der Waals surface area contributed by atoms with Gasteiger partial charge in [0.2, 0.25) is 5.91 Å². The summed E-state index contributed by atoms with van der Waals surface area (Å²) < 4.78 is 0. The molecule has 1 aliphatic carbocycles. The van der Waals surface area contributed by atoms with E-state index in [-0.39, 0.29) is 30.4 Å². The van der Waals surface area contributed by atoms with E-state index < -0.39 is 0 Å². The fraction of sp³-hybridized carbons (Fsp3) is 0.316. The molecule has 0 saturated heterocycles. The maximum Gasteiger partial charge on any atom is 0.222 e. The predicted molar refractivity (Wildman–Crippen MR) is 95.5 cm³/mol. The van der Waals surface area contributed by atoms with Crippen LogP contribution in [0.2, 0.25) is 0 Å². The number of rotatable bonds is 4. The van der Waals surface area contributed by atoms with Crippen LogP contribution >= 0.6 is 12.4 Å². The monoisotopic (exact) mass is 330 g/mol. The van der Waals surface area contributed by atoms with Gasteiger partial charge in [0.05, 0.1) is 6.04 Å². The quantitative estimate of drug-likeness (QED) is 0.898. The van der Waals surface area contributed by atoms with Gasteiger partial charge in [0.25, 0.3) is 0 Å². The number of hydrogen-bond acceptors (Lipinski definition) is 2. The minimum Gasteiger partial charge on any atom is -0.349 e. The zero-order chi connectivity index (χ0) is 15.4. The summed E-state index contributed by atoms with van der Waals surface area (Å²) in [5, 5.41) is 3.16. The lowest BCUT2D eigenvalue weighted by molar-refractivity contribution is -0.122. The predicted octanol–water partition coefficient (Wildman–Crippen LogP) is 3.69. The number of halogens is 1. The molecule has 3 nitrogen and oxygen atoms in total. The second-order valence-corrected chi connectivity index (χ2v) is 5.93. The Labute approximate surface area is 143 Å². The Balaban J connectivity index is 0.00000192. The van der Waals surface area contributed by atoms with Gasteiger partial charge in [-0.2, -0.15) is 0 Å². The molecule has 1 aliphatic rings. The molecule has 1 amide bonds. The zero-order valence-corrected chi connectivity index (χ0v) is 13.9. The van der Waals surface area contributed by atoms with Gasteiger partial charge >= 0.3 is 0 Å². The third kappa shape index (κ3) is 4.34. The Morgan fingerprint density at radius 2 is 1.83 bits per heavy atom. The first-order chi connectivity index (χ1) is 10.7. The molecule has 0 radical (unpaired) electrons. The molecule has 0 bridgehead atoms. The van der Waals surface area contributed by atoms with Crippen LogP contribution < -0.4 is 11.1 Å². The number of aryl methyl sites for hydroxylation is 1. The van der Waals surface area contributed by atoms with Gasteiger partial charge in [-0.05, 0) is 36.0 Å². The average molecular weight is 331 g/mol. The molecule has 0 heterocycles. The van der Waals surface area contributed by atoms with Crippen molar-refractivity contribution in [2.75, 3.05) is 0 Å². The van der Waals surface area contributed by atoms with E-state index in [2.05, 4.69) is 23.5 Å². The van der Waals surface area contributed by atoms with E-state index >= 15 is 0 Å². The Kier molecular flexibility index (Phi) is 6.20. The van der Waals surface area contributed by atoms with Crippen LogP contribution in [0.3, 0.4) is 0 Å². The number of carbonyl (C=O) groups is 1. The molecule has 0 spiro atoms. The van der Waals surface area contributed by atoms with Gasteiger partial charge in [-0.25, -0.2) is 0 Å². The Morgan fingerprint density at radius 1 is 1.13 bits per heavy atom.